The molecule has 0 fully saturated rings. The molecule has 0 amide bonds. The lowest BCUT2D eigenvalue weighted by Crippen LogP contribution is -2.26. The van der Waals surface area contributed by atoms with Gasteiger partial charge in [0, 0.05) is 6.42 Å². The second kappa shape index (κ2) is 9.26. The van der Waals surface area contributed by atoms with Crippen LogP contribution in [0, 0.1) is 0 Å². The number of para-hydroxylation sites is 1. The highest BCUT2D eigenvalue weighted by atomic mass is 16.5. The fourth-order valence-electron chi connectivity index (χ4n) is 2.32. The van der Waals surface area contributed by atoms with Crippen molar-refractivity contribution < 1.29 is 14.3 Å². The van der Waals surface area contributed by atoms with Gasteiger partial charge in [0.25, 0.3) is 0 Å². The molecule has 0 aliphatic carbocycles. The van der Waals surface area contributed by atoms with Crippen molar-refractivity contribution in [3.63, 3.8) is 0 Å². The van der Waals surface area contributed by atoms with Crippen LogP contribution in [0.1, 0.15) is 24.3 Å². The molecule has 3 nitrogen and oxygen atoms in total. The van der Waals surface area contributed by atoms with E-state index in [0.29, 0.717) is 17.7 Å². The van der Waals surface area contributed by atoms with Gasteiger partial charge in [-0.2, -0.15) is 0 Å². The van der Waals surface area contributed by atoms with Crippen LogP contribution in [0.5, 0.6) is 5.75 Å². The minimum atomic E-state index is -0.913. The number of rotatable bonds is 8. The predicted molar refractivity (Wildman–Crippen MR) is 94.8 cm³/mol. The standard InChI is InChI=1S/C21H20O3/c1-2-3-4-11-16-19(22)20(17-12-7-5-8-13-17)21(23)24-18-14-9-6-10-15-18/h2-10,12-15,20H,1,11,16H2. The summed E-state index contributed by atoms with van der Waals surface area (Å²) in [6, 6.07) is 17.8. The van der Waals surface area contributed by atoms with Gasteiger partial charge in [-0.3, -0.25) is 9.59 Å². The summed E-state index contributed by atoms with van der Waals surface area (Å²) in [4.78, 5) is 25.1. The van der Waals surface area contributed by atoms with Crippen LogP contribution in [0.15, 0.2) is 85.5 Å². The fourth-order valence-corrected chi connectivity index (χ4v) is 2.32. The van der Waals surface area contributed by atoms with E-state index < -0.39 is 11.9 Å². The van der Waals surface area contributed by atoms with E-state index in [1.54, 1.807) is 48.6 Å². The van der Waals surface area contributed by atoms with Gasteiger partial charge >= 0.3 is 5.97 Å². The zero-order valence-electron chi connectivity index (χ0n) is 13.4. The number of Topliss-reactive ketones (excluding diaryl/α,β-unsaturated/α-hetero) is 1. The summed E-state index contributed by atoms with van der Waals surface area (Å²) in [7, 11) is 0. The molecule has 2 aromatic carbocycles. The average molecular weight is 320 g/mol. The Kier molecular flexibility index (Phi) is 6.72. The highest BCUT2D eigenvalue weighted by Crippen LogP contribution is 2.22. The average Bonchev–Trinajstić information content (AvgIpc) is 2.61. The molecule has 0 radical (unpaired) electrons. The van der Waals surface area contributed by atoms with Gasteiger partial charge in [0.15, 0.2) is 5.78 Å². The zero-order valence-corrected chi connectivity index (χ0v) is 13.4. The van der Waals surface area contributed by atoms with Crippen molar-refractivity contribution in [2.75, 3.05) is 0 Å². The van der Waals surface area contributed by atoms with Crippen molar-refractivity contribution in [1.82, 2.24) is 0 Å². The number of ketones is 1. The quantitative estimate of drug-likeness (QED) is 0.312. The third-order valence-corrected chi connectivity index (χ3v) is 3.48. The van der Waals surface area contributed by atoms with Crippen molar-refractivity contribution in [2.24, 2.45) is 0 Å². The normalized spacial score (nSPS) is 11.8. The number of benzene rings is 2. The Morgan fingerprint density at radius 3 is 2.25 bits per heavy atom. The summed E-state index contributed by atoms with van der Waals surface area (Å²) in [5, 5.41) is 0. The van der Waals surface area contributed by atoms with E-state index in [1.807, 2.05) is 30.3 Å². The van der Waals surface area contributed by atoms with Crippen LogP contribution in [0.3, 0.4) is 0 Å². The van der Waals surface area contributed by atoms with Gasteiger partial charge in [-0.15, -0.1) is 0 Å². The summed E-state index contributed by atoms with van der Waals surface area (Å²) >= 11 is 0. The number of carbonyl (C=O) groups excluding carboxylic acids is 2. The van der Waals surface area contributed by atoms with Gasteiger partial charge in [0.1, 0.15) is 11.7 Å². The first-order valence-corrected chi connectivity index (χ1v) is 7.84. The molecule has 122 valence electrons. The second-order valence-corrected chi connectivity index (χ2v) is 5.25. The van der Waals surface area contributed by atoms with Crippen LogP contribution in [-0.2, 0) is 9.59 Å². The lowest BCUT2D eigenvalue weighted by molar-refractivity contribution is -0.140. The van der Waals surface area contributed by atoms with Crippen molar-refractivity contribution in [3.8, 4) is 5.75 Å². The molecule has 0 aromatic heterocycles. The van der Waals surface area contributed by atoms with E-state index in [4.69, 9.17) is 4.74 Å². The second-order valence-electron chi connectivity index (χ2n) is 5.25. The van der Waals surface area contributed by atoms with Gasteiger partial charge in [0.2, 0.25) is 0 Å². The number of allylic oxidation sites excluding steroid dienone is 3. The maximum Gasteiger partial charge on any atom is 0.326 e. The lowest BCUT2D eigenvalue weighted by atomic mass is 9.92. The topological polar surface area (TPSA) is 43.4 Å². The smallest absolute Gasteiger partial charge is 0.326 e. The Morgan fingerprint density at radius 2 is 1.62 bits per heavy atom. The molecule has 1 atom stereocenters. The molecule has 3 heteroatoms. The molecule has 0 aliphatic rings. The van der Waals surface area contributed by atoms with Gasteiger partial charge < -0.3 is 4.74 Å². The minimum Gasteiger partial charge on any atom is -0.426 e. The predicted octanol–water partition coefficient (Wildman–Crippen LogP) is 4.47. The monoisotopic (exact) mass is 320 g/mol. The van der Waals surface area contributed by atoms with Crippen LogP contribution in [0.4, 0.5) is 0 Å². The number of ether oxygens (including phenoxy) is 1. The molecule has 2 rings (SSSR count). The van der Waals surface area contributed by atoms with Crippen molar-refractivity contribution in [2.45, 2.75) is 18.8 Å². The van der Waals surface area contributed by atoms with Gasteiger partial charge in [0.05, 0.1) is 0 Å². The van der Waals surface area contributed by atoms with E-state index in [9.17, 15) is 9.59 Å². The van der Waals surface area contributed by atoms with Gasteiger partial charge in [-0.25, -0.2) is 0 Å². The number of carbonyl (C=O) groups is 2. The van der Waals surface area contributed by atoms with E-state index in [1.165, 1.54) is 0 Å². The summed E-state index contributed by atoms with van der Waals surface area (Å²) in [5.74, 6) is -1.19. The molecule has 0 spiro atoms. The fraction of sp³-hybridized carbons (Fsp3) is 0.143. The van der Waals surface area contributed by atoms with Crippen molar-refractivity contribution >= 4 is 11.8 Å². The summed E-state index contributed by atoms with van der Waals surface area (Å²) in [6.07, 6.45) is 6.13. The van der Waals surface area contributed by atoms with E-state index in [0.717, 1.165) is 0 Å². The Balaban J connectivity index is 2.16. The first-order valence-electron chi connectivity index (χ1n) is 7.84. The maximum absolute atomic E-state index is 12.6. The number of hydrogen-bond acceptors (Lipinski definition) is 3. The highest BCUT2D eigenvalue weighted by Gasteiger charge is 2.29. The number of esters is 1. The Bertz CT molecular complexity index is 702. The molecule has 0 aliphatic heterocycles. The molecule has 24 heavy (non-hydrogen) atoms. The van der Waals surface area contributed by atoms with E-state index in [2.05, 4.69) is 6.58 Å². The van der Waals surface area contributed by atoms with Crippen molar-refractivity contribution in [1.29, 1.82) is 0 Å². The molecular formula is C21H20O3. The third-order valence-electron chi connectivity index (χ3n) is 3.48. The molecule has 0 heterocycles. The Morgan fingerprint density at radius 1 is 1.00 bits per heavy atom. The highest BCUT2D eigenvalue weighted by molar-refractivity contribution is 6.05. The van der Waals surface area contributed by atoms with Gasteiger partial charge in [-0.1, -0.05) is 73.3 Å². The van der Waals surface area contributed by atoms with Gasteiger partial charge in [-0.05, 0) is 24.1 Å². The van der Waals surface area contributed by atoms with E-state index >= 15 is 0 Å². The minimum absolute atomic E-state index is 0.157. The van der Waals surface area contributed by atoms with Crippen LogP contribution >= 0.6 is 0 Å². The summed E-state index contributed by atoms with van der Waals surface area (Å²) in [6.45, 7) is 3.59. The van der Waals surface area contributed by atoms with E-state index in [-0.39, 0.29) is 12.2 Å². The molecular weight excluding hydrogens is 300 g/mol. The zero-order chi connectivity index (χ0) is 17.2. The van der Waals surface area contributed by atoms with Crippen molar-refractivity contribution in [3.05, 3.63) is 91.0 Å². The summed E-state index contributed by atoms with van der Waals surface area (Å²) < 4.78 is 5.39. The largest absolute Gasteiger partial charge is 0.426 e. The Hall–Kier alpha value is -2.94. The molecule has 0 saturated heterocycles. The molecule has 1 unspecified atom stereocenters. The van der Waals surface area contributed by atoms with Crippen LogP contribution in [-0.4, -0.2) is 11.8 Å². The van der Waals surface area contributed by atoms with Crippen LogP contribution in [0.25, 0.3) is 0 Å². The molecule has 0 saturated carbocycles. The molecule has 0 bridgehead atoms. The SMILES string of the molecule is C=CC=CCCC(=O)C(C(=O)Oc1ccccc1)c1ccccc1. The molecule has 0 N–H and O–H groups in total. The third kappa shape index (κ3) is 5.06. The van der Waals surface area contributed by atoms with Crippen LogP contribution in [0.2, 0.25) is 0 Å². The first kappa shape index (κ1) is 17.4. The maximum atomic E-state index is 12.6. The number of hydrogen-bond donors (Lipinski definition) is 0. The lowest BCUT2D eigenvalue weighted by Gasteiger charge is -2.15. The summed E-state index contributed by atoms with van der Waals surface area (Å²) in [5.41, 5.74) is 0.649. The molecule has 2 aromatic rings. The Labute approximate surface area is 142 Å². The van der Waals surface area contributed by atoms with Crippen LogP contribution < -0.4 is 4.74 Å². The first-order chi connectivity index (χ1) is 11.7.